The van der Waals surface area contributed by atoms with Crippen molar-refractivity contribution in [1.29, 1.82) is 0 Å². The molecule has 0 saturated carbocycles. The van der Waals surface area contributed by atoms with Crippen LogP contribution in [0.1, 0.15) is 15.3 Å². The zero-order valence-electron chi connectivity index (χ0n) is 5.91. The van der Waals surface area contributed by atoms with Crippen LogP contribution in [0.15, 0.2) is 0 Å². The molecule has 0 fully saturated rings. The molecule has 6 heavy (non-hydrogen) atoms. The Morgan fingerprint density at radius 3 is 1.67 bits per heavy atom. The van der Waals surface area contributed by atoms with Gasteiger partial charge in [0.25, 0.3) is 0 Å². The van der Waals surface area contributed by atoms with Crippen LogP contribution >= 0.6 is 0 Å². The Labute approximate surface area is 83.8 Å². The van der Waals surface area contributed by atoms with E-state index in [1.165, 1.54) is 0 Å². The molecule has 0 spiro atoms. The minimum Gasteiger partial charge on any atom is -1.00 e. The van der Waals surface area contributed by atoms with Gasteiger partial charge in [-0.25, -0.2) is 0 Å². The maximum absolute atomic E-state index is 3.11. The summed E-state index contributed by atoms with van der Waals surface area (Å²) in [7, 11) is 0. The van der Waals surface area contributed by atoms with Gasteiger partial charge in [0.15, 0.2) is 0 Å². The molecule has 0 bridgehead atoms. The van der Waals surface area contributed by atoms with Gasteiger partial charge in [0.2, 0.25) is 0 Å². The van der Waals surface area contributed by atoms with E-state index < -0.39 is 0 Å². The summed E-state index contributed by atoms with van der Waals surface area (Å²) in [6.07, 6.45) is 0. The standard InChI is InChI=1S/C4H11N.K.H/c1-3-5-4-2;;/h5H,3-4H2,1-2H3;;/q;+1;-1. The Bertz CT molecular complexity index is 19.2. The molecule has 0 heterocycles. The molecule has 0 rings (SSSR count). The van der Waals surface area contributed by atoms with E-state index in [4.69, 9.17) is 0 Å². The van der Waals surface area contributed by atoms with Gasteiger partial charge in [-0.05, 0) is 13.1 Å². The van der Waals surface area contributed by atoms with Gasteiger partial charge in [-0.3, -0.25) is 0 Å². The third kappa shape index (κ3) is 9.14. The van der Waals surface area contributed by atoms with Crippen LogP contribution in [0.25, 0.3) is 0 Å². The quantitative estimate of drug-likeness (QED) is 0.398. The Hall–Kier alpha value is 1.60. The summed E-state index contributed by atoms with van der Waals surface area (Å²) in [5.41, 5.74) is 0. The third-order valence-corrected chi connectivity index (χ3v) is 0.500. The zero-order valence-corrected chi connectivity index (χ0v) is 8.04. The normalized spacial score (nSPS) is 7.00. The van der Waals surface area contributed by atoms with Crippen LogP contribution in [0.3, 0.4) is 0 Å². The van der Waals surface area contributed by atoms with Gasteiger partial charge in [0.1, 0.15) is 0 Å². The first-order valence-corrected chi connectivity index (χ1v) is 2.12. The van der Waals surface area contributed by atoms with Gasteiger partial charge in [0, 0.05) is 0 Å². The molecule has 34 valence electrons. The molecule has 1 N–H and O–H groups in total. The number of hydrogen-bond acceptors (Lipinski definition) is 1. The molecule has 0 unspecified atom stereocenters. The Morgan fingerprint density at radius 2 is 1.67 bits per heavy atom. The fourth-order valence-electron chi connectivity index (χ4n) is 0.250. The fraction of sp³-hybridized carbons (Fsp3) is 1.00. The Kier molecular flexibility index (Phi) is 17.2. The average Bonchev–Trinajstić information content (AvgIpc) is 1.41. The van der Waals surface area contributed by atoms with Gasteiger partial charge >= 0.3 is 51.4 Å². The van der Waals surface area contributed by atoms with Gasteiger partial charge < -0.3 is 6.74 Å². The summed E-state index contributed by atoms with van der Waals surface area (Å²) in [5, 5.41) is 3.11. The second-order valence-electron chi connectivity index (χ2n) is 0.957. The van der Waals surface area contributed by atoms with E-state index in [-0.39, 0.29) is 52.8 Å². The molecular weight excluding hydrogens is 101 g/mol. The molecule has 0 radical (unpaired) electrons. The van der Waals surface area contributed by atoms with Crippen LogP contribution < -0.4 is 56.7 Å². The first-order valence-electron chi connectivity index (χ1n) is 2.12. The molecule has 1 nitrogen and oxygen atoms in total. The van der Waals surface area contributed by atoms with Crippen LogP contribution in [0.5, 0.6) is 0 Å². The summed E-state index contributed by atoms with van der Waals surface area (Å²) in [6.45, 7) is 6.39. The van der Waals surface area contributed by atoms with Crippen molar-refractivity contribution in [2.45, 2.75) is 13.8 Å². The van der Waals surface area contributed by atoms with Crippen molar-refractivity contribution >= 4 is 0 Å². The van der Waals surface area contributed by atoms with Gasteiger partial charge in [-0.1, -0.05) is 13.8 Å². The van der Waals surface area contributed by atoms with E-state index in [0.717, 1.165) is 13.1 Å². The summed E-state index contributed by atoms with van der Waals surface area (Å²) < 4.78 is 0. The van der Waals surface area contributed by atoms with Crippen LogP contribution in [0.2, 0.25) is 0 Å². The molecule has 0 atom stereocenters. The molecule has 0 aromatic carbocycles. The van der Waals surface area contributed by atoms with Crippen molar-refractivity contribution in [2.24, 2.45) is 0 Å². The first kappa shape index (κ1) is 10.6. The van der Waals surface area contributed by atoms with E-state index in [0.29, 0.717) is 0 Å². The van der Waals surface area contributed by atoms with Gasteiger partial charge in [-0.15, -0.1) is 0 Å². The molecule has 0 aliphatic heterocycles. The van der Waals surface area contributed by atoms with Crippen LogP contribution in [0.4, 0.5) is 0 Å². The van der Waals surface area contributed by atoms with Gasteiger partial charge in [-0.2, -0.15) is 0 Å². The number of hydrogen-bond donors (Lipinski definition) is 1. The van der Waals surface area contributed by atoms with E-state index in [2.05, 4.69) is 19.2 Å². The second-order valence-corrected chi connectivity index (χ2v) is 0.957. The van der Waals surface area contributed by atoms with Crippen molar-refractivity contribution < 1.29 is 52.8 Å². The van der Waals surface area contributed by atoms with Gasteiger partial charge in [0.05, 0.1) is 0 Å². The monoisotopic (exact) mass is 113 g/mol. The second kappa shape index (κ2) is 9.78. The van der Waals surface area contributed by atoms with Crippen molar-refractivity contribution in [3.05, 3.63) is 0 Å². The van der Waals surface area contributed by atoms with Crippen molar-refractivity contribution in [3.8, 4) is 0 Å². The molecule has 2 heteroatoms. The fourth-order valence-corrected chi connectivity index (χ4v) is 0.250. The van der Waals surface area contributed by atoms with Crippen LogP contribution in [-0.4, -0.2) is 13.1 Å². The van der Waals surface area contributed by atoms with E-state index in [9.17, 15) is 0 Å². The molecule has 0 saturated heterocycles. The molecule has 0 aliphatic carbocycles. The predicted octanol–water partition coefficient (Wildman–Crippen LogP) is -2.27. The maximum atomic E-state index is 3.11. The number of nitrogens with one attached hydrogen (secondary N) is 1. The van der Waals surface area contributed by atoms with Crippen LogP contribution in [0, 0.1) is 0 Å². The van der Waals surface area contributed by atoms with Crippen molar-refractivity contribution in [1.82, 2.24) is 5.32 Å². The molecule has 0 aromatic heterocycles. The third-order valence-electron chi connectivity index (χ3n) is 0.500. The molecular formula is C4H12KN. The van der Waals surface area contributed by atoms with Crippen molar-refractivity contribution in [2.75, 3.05) is 13.1 Å². The average molecular weight is 113 g/mol. The minimum absolute atomic E-state index is 0. The molecule has 0 amide bonds. The Morgan fingerprint density at radius 1 is 1.33 bits per heavy atom. The topological polar surface area (TPSA) is 12.0 Å². The predicted molar refractivity (Wildman–Crippen MR) is 25.3 cm³/mol. The maximum Gasteiger partial charge on any atom is 1.00 e. The molecule has 0 aromatic rings. The molecule has 0 aliphatic rings. The van der Waals surface area contributed by atoms with Crippen molar-refractivity contribution in [3.63, 3.8) is 0 Å². The van der Waals surface area contributed by atoms with E-state index in [1.807, 2.05) is 0 Å². The summed E-state index contributed by atoms with van der Waals surface area (Å²) in [4.78, 5) is 0. The van der Waals surface area contributed by atoms with E-state index in [1.54, 1.807) is 0 Å². The first-order chi connectivity index (χ1) is 2.41. The minimum atomic E-state index is 0. The zero-order chi connectivity index (χ0) is 4.12. The Balaban J connectivity index is -0.0000000800. The summed E-state index contributed by atoms with van der Waals surface area (Å²) in [5.74, 6) is 0. The number of rotatable bonds is 2. The summed E-state index contributed by atoms with van der Waals surface area (Å²) in [6, 6.07) is 0. The smallest absolute Gasteiger partial charge is 1.00 e. The largest absolute Gasteiger partial charge is 1.00 e. The SMILES string of the molecule is CCNCC.[H-].[K+]. The van der Waals surface area contributed by atoms with Crippen LogP contribution in [-0.2, 0) is 0 Å². The van der Waals surface area contributed by atoms with E-state index >= 15 is 0 Å². The summed E-state index contributed by atoms with van der Waals surface area (Å²) >= 11 is 0.